The molecule has 10 heteroatoms. The second kappa shape index (κ2) is 10.3. The van der Waals surface area contributed by atoms with Crippen LogP contribution in [0.2, 0.25) is 0 Å². The first kappa shape index (κ1) is 23.8. The lowest BCUT2D eigenvalue weighted by atomic mass is 10.2. The SMILES string of the molecule is Cc1cccc(Oc2ccc(S(=O)(=O)N3CCCCC3)cc2NC(=O)COc2cc(C)on2)c1. The lowest BCUT2D eigenvalue weighted by Crippen LogP contribution is -2.35. The number of nitrogens with zero attached hydrogens (tertiary/aromatic N) is 2. The van der Waals surface area contributed by atoms with Crippen LogP contribution in [0.3, 0.4) is 0 Å². The van der Waals surface area contributed by atoms with Crippen molar-refractivity contribution in [1.82, 2.24) is 9.46 Å². The van der Waals surface area contributed by atoms with Crippen molar-refractivity contribution >= 4 is 21.6 Å². The quantitative estimate of drug-likeness (QED) is 0.507. The van der Waals surface area contributed by atoms with Gasteiger partial charge in [0.25, 0.3) is 11.8 Å². The number of carbonyl (C=O) groups excluding carboxylic acids is 1. The number of carbonyl (C=O) groups is 1. The molecule has 1 saturated heterocycles. The molecule has 1 aliphatic heterocycles. The summed E-state index contributed by atoms with van der Waals surface area (Å²) in [5.41, 5.74) is 1.23. The van der Waals surface area contributed by atoms with E-state index in [1.165, 1.54) is 16.4 Å². The van der Waals surface area contributed by atoms with Crippen molar-refractivity contribution < 1.29 is 27.2 Å². The van der Waals surface area contributed by atoms with Gasteiger partial charge in [-0.15, -0.1) is 0 Å². The third-order valence-corrected chi connectivity index (χ3v) is 7.25. The van der Waals surface area contributed by atoms with Crippen molar-refractivity contribution in [2.45, 2.75) is 38.0 Å². The van der Waals surface area contributed by atoms with Crippen molar-refractivity contribution in [3.05, 3.63) is 59.9 Å². The summed E-state index contributed by atoms with van der Waals surface area (Å²) in [5, 5.41) is 6.40. The maximum absolute atomic E-state index is 13.2. The first-order valence-electron chi connectivity index (χ1n) is 11.1. The zero-order valence-electron chi connectivity index (χ0n) is 19.1. The summed E-state index contributed by atoms with van der Waals surface area (Å²) in [6.45, 7) is 4.28. The molecule has 0 radical (unpaired) electrons. The summed E-state index contributed by atoms with van der Waals surface area (Å²) in [4.78, 5) is 12.7. The Hall–Kier alpha value is -3.37. The molecular formula is C24H27N3O6S. The summed E-state index contributed by atoms with van der Waals surface area (Å²) < 4.78 is 44.1. The molecule has 0 unspecified atom stereocenters. The van der Waals surface area contributed by atoms with Crippen LogP contribution < -0.4 is 14.8 Å². The standard InChI is InChI=1S/C24H27N3O6S/c1-17-7-6-8-19(13-17)32-22-10-9-20(34(29,30)27-11-4-3-5-12-27)15-21(22)25-23(28)16-31-24-14-18(2)33-26-24/h6-10,13-15H,3-5,11-12,16H2,1-2H3,(H,25,28). The van der Waals surface area contributed by atoms with Gasteiger partial charge in [-0.2, -0.15) is 4.31 Å². The highest BCUT2D eigenvalue weighted by Crippen LogP contribution is 2.33. The zero-order valence-corrected chi connectivity index (χ0v) is 19.9. The summed E-state index contributed by atoms with van der Waals surface area (Å²) in [5.74, 6) is 1.12. The van der Waals surface area contributed by atoms with E-state index in [-0.39, 0.29) is 23.1 Å². The van der Waals surface area contributed by atoms with E-state index in [2.05, 4.69) is 10.5 Å². The number of sulfonamides is 1. The molecule has 1 aliphatic rings. The normalized spacial score (nSPS) is 14.5. The monoisotopic (exact) mass is 485 g/mol. The first-order valence-corrected chi connectivity index (χ1v) is 12.5. The molecule has 2 heterocycles. The topological polar surface area (TPSA) is 111 Å². The van der Waals surface area contributed by atoms with Gasteiger partial charge >= 0.3 is 0 Å². The second-order valence-electron chi connectivity index (χ2n) is 8.15. The van der Waals surface area contributed by atoms with Gasteiger partial charge in [-0.1, -0.05) is 18.6 Å². The van der Waals surface area contributed by atoms with Crippen molar-refractivity contribution in [3.63, 3.8) is 0 Å². The van der Waals surface area contributed by atoms with Gasteiger partial charge in [0.2, 0.25) is 10.0 Å². The van der Waals surface area contributed by atoms with Crippen molar-refractivity contribution in [3.8, 4) is 17.4 Å². The van der Waals surface area contributed by atoms with Gasteiger partial charge in [-0.05, 0) is 67.7 Å². The van der Waals surface area contributed by atoms with Crippen LogP contribution in [0.4, 0.5) is 5.69 Å². The summed E-state index contributed by atoms with van der Waals surface area (Å²) in [7, 11) is -3.70. The van der Waals surface area contributed by atoms with E-state index in [1.54, 1.807) is 25.1 Å². The van der Waals surface area contributed by atoms with Crippen LogP contribution in [0.1, 0.15) is 30.6 Å². The number of aromatic nitrogens is 1. The average molecular weight is 486 g/mol. The zero-order chi connectivity index (χ0) is 24.1. The minimum atomic E-state index is -3.70. The molecule has 0 aliphatic carbocycles. The molecule has 0 saturated carbocycles. The van der Waals surface area contributed by atoms with E-state index < -0.39 is 15.9 Å². The Labute approximate surface area is 198 Å². The lowest BCUT2D eigenvalue weighted by molar-refractivity contribution is -0.118. The van der Waals surface area contributed by atoms with Crippen molar-refractivity contribution in [1.29, 1.82) is 0 Å². The maximum Gasteiger partial charge on any atom is 0.262 e. The fraction of sp³-hybridized carbons (Fsp3) is 0.333. The van der Waals surface area contributed by atoms with Crippen LogP contribution >= 0.6 is 0 Å². The number of amides is 1. The van der Waals surface area contributed by atoms with Gasteiger partial charge in [-0.25, -0.2) is 8.42 Å². The van der Waals surface area contributed by atoms with Gasteiger partial charge in [0.15, 0.2) is 12.4 Å². The number of anilines is 1. The van der Waals surface area contributed by atoms with E-state index >= 15 is 0 Å². The van der Waals surface area contributed by atoms with Gasteiger partial charge in [0, 0.05) is 19.2 Å². The molecule has 9 nitrogen and oxygen atoms in total. The number of rotatable bonds is 8. The summed E-state index contributed by atoms with van der Waals surface area (Å²) in [6.07, 6.45) is 2.67. The van der Waals surface area contributed by atoms with Crippen molar-refractivity contribution in [2.75, 3.05) is 25.0 Å². The Balaban J connectivity index is 1.59. The average Bonchev–Trinajstić information content (AvgIpc) is 3.24. The molecule has 4 rings (SSSR count). The lowest BCUT2D eigenvalue weighted by Gasteiger charge is -2.26. The van der Waals surface area contributed by atoms with E-state index in [9.17, 15) is 13.2 Å². The molecule has 1 N–H and O–H groups in total. The van der Waals surface area contributed by atoms with Gasteiger partial charge in [0.05, 0.1) is 10.6 Å². The van der Waals surface area contributed by atoms with Crippen LogP contribution in [0, 0.1) is 13.8 Å². The van der Waals surface area contributed by atoms with Gasteiger partial charge < -0.3 is 19.3 Å². The van der Waals surface area contributed by atoms with Crippen LogP contribution in [0.15, 0.2) is 57.9 Å². The predicted octanol–water partition coefficient (Wildman–Crippen LogP) is 4.28. The molecule has 180 valence electrons. The Morgan fingerprint density at radius 3 is 2.59 bits per heavy atom. The van der Waals surface area contributed by atoms with Gasteiger partial charge in [-0.3, -0.25) is 4.79 Å². The van der Waals surface area contributed by atoms with Crippen LogP contribution in [-0.2, 0) is 14.8 Å². The molecule has 0 atom stereocenters. The van der Waals surface area contributed by atoms with Crippen molar-refractivity contribution in [2.24, 2.45) is 0 Å². The van der Waals surface area contributed by atoms with Gasteiger partial charge in [0.1, 0.15) is 11.5 Å². The molecular weight excluding hydrogens is 458 g/mol. The fourth-order valence-corrected chi connectivity index (χ4v) is 5.20. The minimum Gasteiger partial charge on any atom is -0.465 e. The smallest absolute Gasteiger partial charge is 0.262 e. The highest BCUT2D eigenvalue weighted by molar-refractivity contribution is 7.89. The number of ether oxygens (including phenoxy) is 2. The Bertz CT molecular complexity index is 1270. The molecule has 0 spiro atoms. The van der Waals surface area contributed by atoms with E-state index in [4.69, 9.17) is 14.0 Å². The fourth-order valence-electron chi connectivity index (χ4n) is 3.65. The Morgan fingerprint density at radius 1 is 1.09 bits per heavy atom. The highest BCUT2D eigenvalue weighted by Gasteiger charge is 2.27. The molecule has 0 bridgehead atoms. The molecule has 1 fully saturated rings. The van der Waals surface area contributed by atoms with E-state index in [0.29, 0.717) is 30.3 Å². The van der Waals surface area contributed by atoms with E-state index in [0.717, 1.165) is 24.8 Å². The number of nitrogens with one attached hydrogen (secondary N) is 1. The Kier molecular flexibility index (Phi) is 7.18. The largest absolute Gasteiger partial charge is 0.465 e. The first-order chi connectivity index (χ1) is 16.3. The molecule has 34 heavy (non-hydrogen) atoms. The third-order valence-electron chi connectivity index (χ3n) is 5.35. The number of hydrogen-bond donors (Lipinski definition) is 1. The van der Waals surface area contributed by atoms with E-state index in [1.807, 2.05) is 25.1 Å². The van der Waals surface area contributed by atoms with Crippen LogP contribution in [0.5, 0.6) is 17.4 Å². The molecule has 1 aromatic heterocycles. The second-order valence-corrected chi connectivity index (χ2v) is 10.1. The van der Waals surface area contributed by atoms with Crippen LogP contribution in [-0.4, -0.2) is 43.5 Å². The summed E-state index contributed by atoms with van der Waals surface area (Å²) in [6, 6.07) is 13.5. The number of aryl methyl sites for hydroxylation is 2. The molecule has 3 aromatic rings. The Morgan fingerprint density at radius 2 is 1.88 bits per heavy atom. The predicted molar refractivity (Wildman–Crippen MR) is 126 cm³/mol. The van der Waals surface area contributed by atoms with Crippen LogP contribution in [0.25, 0.3) is 0 Å². The molecule has 2 aromatic carbocycles. The maximum atomic E-state index is 13.2. The number of benzene rings is 2. The third kappa shape index (κ3) is 5.75. The number of piperidine rings is 1. The number of hydrogen-bond acceptors (Lipinski definition) is 7. The summed E-state index contributed by atoms with van der Waals surface area (Å²) >= 11 is 0. The highest BCUT2D eigenvalue weighted by atomic mass is 32.2. The molecule has 1 amide bonds. The minimum absolute atomic E-state index is 0.0920.